The number of ether oxygens (including phenoxy) is 2. The van der Waals surface area contributed by atoms with Gasteiger partial charge in [0.15, 0.2) is 0 Å². The van der Waals surface area contributed by atoms with Crippen molar-refractivity contribution in [1.82, 2.24) is 5.32 Å². The predicted octanol–water partition coefficient (Wildman–Crippen LogP) is 10.9. The molecule has 0 heterocycles. The highest BCUT2D eigenvalue weighted by atomic mass is 79.9. The van der Waals surface area contributed by atoms with Crippen LogP contribution in [0.4, 0.5) is 11.4 Å². The van der Waals surface area contributed by atoms with Crippen LogP contribution in [0.15, 0.2) is 78.6 Å². The number of halogens is 6. The number of aliphatic carboxylic acids is 2. The highest BCUT2D eigenvalue weighted by Crippen LogP contribution is 2.38. The van der Waals surface area contributed by atoms with E-state index in [-0.39, 0.29) is 48.8 Å². The molecular formula is C40H39Br4Cl2N3O9. The average Bonchev–Trinajstić information content (AvgIpc) is 3.15. The minimum absolute atomic E-state index is 0.0591. The number of anilines is 2. The summed E-state index contributed by atoms with van der Waals surface area (Å²) in [4.78, 5) is 57.3. The Morgan fingerprint density at radius 1 is 0.655 bits per heavy atom. The van der Waals surface area contributed by atoms with Gasteiger partial charge in [-0.2, -0.15) is 0 Å². The summed E-state index contributed by atoms with van der Waals surface area (Å²) in [5.41, 5.74) is 3.59. The molecule has 0 saturated carbocycles. The third-order valence-corrected chi connectivity index (χ3v) is 11.1. The number of hydrogen-bond donors (Lipinski definition) is 5. The Bertz CT molecular complexity index is 2120. The van der Waals surface area contributed by atoms with Gasteiger partial charge < -0.3 is 35.6 Å². The van der Waals surface area contributed by atoms with Gasteiger partial charge in [0.1, 0.15) is 31.3 Å². The number of carboxylic acids is 2. The van der Waals surface area contributed by atoms with E-state index in [1.807, 2.05) is 32.0 Å². The first kappa shape index (κ1) is 48.7. The topological polar surface area (TPSA) is 180 Å². The quantitative estimate of drug-likeness (QED) is 0.0730. The van der Waals surface area contributed by atoms with Gasteiger partial charge in [0, 0.05) is 34.9 Å². The van der Waals surface area contributed by atoms with E-state index in [1.54, 1.807) is 44.2 Å². The maximum absolute atomic E-state index is 12.1. The van der Waals surface area contributed by atoms with Gasteiger partial charge in [0.05, 0.1) is 39.3 Å². The van der Waals surface area contributed by atoms with Crippen molar-refractivity contribution in [2.45, 2.75) is 53.8 Å². The number of amides is 3. The van der Waals surface area contributed by atoms with Gasteiger partial charge in [0.2, 0.25) is 11.8 Å². The molecule has 0 atom stereocenters. The number of rotatable bonds is 16. The Balaban J connectivity index is 0.000000311. The van der Waals surface area contributed by atoms with E-state index in [1.165, 1.54) is 12.1 Å². The van der Waals surface area contributed by atoms with Crippen molar-refractivity contribution < 1.29 is 43.7 Å². The first-order valence-corrected chi connectivity index (χ1v) is 21.3. The summed E-state index contributed by atoms with van der Waals surface area (Å²) in [7, 11) is 0. The molecular weight excluding hydrogens is 1060 g/mol. The number of carbonyl (C=O) groups excluding carboxylic acids is 3. The summed E-state index contributed by atoms with van der Waals surface area (Å²) in [6, 6.07) is 17.4. The molecule has 5 N–H and O–H groups in total. The second kappa shape index (κ2) is 23.2. The summed E-state index contributed by atoms with van der Waals surface area (Å²) in [6.07, 6.45) is 0.486. The zero-order chi connectivity index (χ0) is 43.3. The molecule has 3 amide bonds. The van der Waals surface area contributed by atoms with Crippen molar-refractivity contribution in [3.63, 3.8) is 0 Å². The predicted molar refractivity (Wildman–Crippen MR) is 238 cm³/mol. The fourth-order valence-electron chi connectivity index (χ4n) is 4.66. The van der Waals surface area contributed by atoms with Crippen LogP contribution in [0.25, 0.3) is 0 Å². The van der Waals surface area contributed by atoms with Gasteiger partial charge in [-0.25, -0.2) is 0 Å². The Hall–Kier alpha value is -3.67. The van der Waals surface area contributed by atoms with E-state index in [0.717, 1.165) is 11.1 Å². The average molecular weight is 1100 g/mol. The molecule has 0 saturated heterocycles. The number of nitrogens with one attached hydrogen (secondary N) is 3. The van der Waals surface area contributed by atoms with Crippen LogP contribution in [0, 0.1) is 11.8 Å². The Morgan fingerprint density at radius 3 is 1.45 bits per heavy atom. The van der Waals surface area contributed by atoms with Crippen molar-refractivity contribution in [1.29, 1.82) is 0 Å². The molecule has 0 bridgehead atoms. The van der Waals surface area contributed by atoms with Crippen LogP contribution in [0.2, 0.25) is 10.0 Å². The molecule has 0 fully saturated rings. The molecule has 12 nitrogen and oxygen atoms in total. The van der Waals surface area contributed by atoms with Gasteiger partial charge >= 0.3 is 11.9 Å². The van der Waals surface area contributed by atoms with Crippen molar-refractivity contribution in [3.05, 3.63) is 111 Å². The largest absolute Gasteiger partial charge is 0.486 e. The van der Waals surface area contributed by atoms with E-state index in [4.69, 9.17) is 42.9 Å². The number of carbonyl (C=O) groups is 5. The number of benzene rings is 4. The third-order valence-electron chi connectivity index (χ3n) is 7.81. The monoisotopic (exact) mass is 1090 g/mol. The van der Waals surface area contributed by atoms with E-state index >= 15 is 0 Å². The molecule has 0 aliphatic rings. The first-order chi connectivity index (χ1) is 27.3. The maximum Gasteiger partial charge on any atom is 0.322 e. The normalized spacial score (nSPS) is 10.7. The molecule has 4 aromatic rings. The molecule has 0 radical (unpaired) electrons. The Kier molecular flexibility index (Phi) is 19.5. The van der Waals surface area contributed by atoms with Crippen LogP contribution in [0.1, 0.15) is 61.2 Å². The summed E-state index contributed by atoms with van der Waals surface area (Å²) in [5.74, 6) is -2.05. The minimum atomic E-state index is -1.13. The molecule has 310 valence electrons. The standard InChI is InChI=1S/C20H19Br2ClN2O5.C20H20Br2ClNO4/c1-10(2)19(28)25-15-5-3-4-11(17(15)23)9-30-18-13(21)6-12(7-14(18)22)20(29)24-8-16(26)27;1-11(2)20(27)24-16-5-3-4-13(18(16)23)10-28-19-14(21)8-12(9-15(19)22)6-7-17(25)26/h3-7,10H,8-9H2,1-2H3,(H,24,29)(H,25,28)(H,26,27);3-5,8-9,11H,6-7,10H2,1-2H3,(H,24,27)(H,25,26). The minimum Gasteiger partial charge on any atom is -0.486 e. The van der Waals surface area contributed by atoms with Crippen molar-refractivity contribution in [2.24, 2.45) is 11.8 Å². The van der Waals surface area contributed by atoms with Crippen LogP contribution in [0.3, 0.4) is 0 Å². The van der Waals surface area contributed by atoms with Crippen molar-refractivity contribution >= 4 is 128 Å². The van der Waals surface area contributed by atoms with Crippen LogP contribution >= 0.6 is 86.9 Å². The fourth-order valence-corrected chi connectivity index (χ4v) is 8.04. The Morgan fingerprint density at radius 2 is 1.07 bits per heavy atom. The smallest absolute Gasteiger partial charge is 0.322 e. The molecule has 0 aliphatic heterocycles. The third kappa shape index (κ3) is 14.9. The number of aryl methyl sites for hydroxylation is 1. The summed E-state index contributed by atoms with van der Waals surface area (Å²) in [6.45, 7) is 7.04. The van der Waals surface area contributed by atoms with Crippen molar-refractivity contribution in [3.8, 4) is 11.5 Å². The fraction of sp³-hybridized carbons (Fsp3) is 0.275. The van der Waals surface area contributed by atoms with Gasteiger partial charge in [-0.3, -0.25) is 24.0 Å². The summed E-state index contributed by atoms with van der Waals surface area (Å²) < 4.78 is 14.2. The zero-order valence-electron chi connectivity index (χ0n) is 31.5. The lowest BCUT2D eigenvalue weighted by atomic mass is 10.1. The molecule has 4 aromatic carbocycles. The molecule has 18 heteroatoms. The summed E-state index contributed by atoms with van der Waals surface area (Å²) >= 11 is 26.5. The molecule has 0 aromatic heterocycles. The lowest BCUT2D eigenvalue weighted by Gasteiger charge is -2.15. The summed E-state index contributed by atoms with van der Waals surface area (Å²) in [5, 5.41) is 26.2. The first-order valence-electron chi connectivity index (χ1n) is 17.4. The van der Waals surface area contributed by atoms with E-state index in [9.17, 15) is 24.0 Å². The lowest BCUT2D eigenvalue weighted by Crippen LogP contribution is -2.29. The van der Waals surface area contributed by atoms with Crippen LogP contribution < -0.4 is 25.4 Å². The molecule has 0 unspecified atom stereocenters. The molecule has 4 rings (SSSR count). The van der Waals surface area contributed by atoms with E-state index in [2.05, 4.69) is 79.7 Å². The highest BCUT2D eigenvalue weighted by Gasteiger charge is 2.18. The van der Waals surface area contributed by atoms with Crippen molar-refractivity contribution in [2.75, 3.05) is 17.2 Å². The van der Waals surface area contributed by atoms with Gasteiger partial charge in [-0.05, 0) is 112 Å². The lowest BCUT2D eigenvalue weighted by molar-refractivity contribution is -0.137. The molecule has 0 aliphatic carbocycles. The molecule has 58 heavy (non-hydrogen) atoms. The second-order valence-corrected chi connectivity index (χ2v) is 17.2. The van der Waals surface area contributed by atoms with Gasteiger partial charge in [-0.1, -0.05) is 75.2 Å². The van der Waals surface area contributed by atoms with Gasteiger partial charge in [0.25, 0.3) is 5.91 Å². The van der Waals surface area contributed by atoms with E-state index < -0.39 is 24.4 Å². The number of carboxylic acid groups (broad SMARTS) is 2. The second-order valence-electron chi connectivity index (χ2n) is 13.1. The Labute approximate surface area is 379 Å². The SMILES string of the molecule is CC(C)C(=O)Nc1cccc(COc2c(Br)cc(C(=O)NCC(=O)O)cc2Br)c1Cl.CC(C)C(=O)Nc1cccc(COc2c(Br)cc(CCC(=O)O)cc2Br)c1Cl. The molecule has 0 spiro atoms. The maximum atomic E-state index is 12.1. The van der Waals surface area contributed by atoms with Crippen LogP contribution in [-0.2, 0) is 38.8 Å². The van der Waals surface area contributed by atoms with Crippen LogP contribution in [-0.4, -0.2) is 46.4 Å². The highest BCUT2D eigenvalue weighted by molar-refractivity contribution is 9.11. The van der Waals surface area contributed by atoms with Crippen LogP contribution in [0.5, 0.6) is 11.5 Å². The number of hydrogen-bond acceptors (Lipinski definition) is 7. The van der Waals surface area contributed by atoms with E-state index in [0.29, 0.717) is 62.8 Å². The van der Waals surface area contributed by atoms with Gasteiger partial charge in [-0.15, -0.1) is 0 Å². The zero-order valence-corrected chi connectivity index (χ0v) is 39.3.